The highest BCUT2D eigenvalue weighted by Crippen LogP contribution is 2.22. The molecule has 0 unspecified atom stereocenters. The van der Waals surface area contributed by atoms with Crippen molar-refractivity contribution in [3.8, 4) is 0 Å². The third-order valence-electron chi connectivity index (χ3n) is 4.11. The third-order valence-corrected chi connectivity index (χ3v) is 5.98. The lowest BCUT2D eigenvalue weighted by molar-refractivity contribution is 0.263. The zero-order valence-electron chi connectivity index (χ0n) is 12.7. The maximum Gasteiger partial charge on any atom is 0.214 e. The number of piperidine rings is 1. The van der Waals surface area contributed by atoms with Crippen LogP contribution in [0.1, 0.15) is 25.0 Å². The normalized spacial score (nSPS) is 18.0. The molecule has 2 heterocycles. The van der Waals surface area contributed by atoms with E-state index in [2.05, 4.69) is 10.3 Å². The lowest BCUT2D eigenvalue weighted by atomic mass is 9.95. The van der Waals surface area contributed by atoms with Crippen LogP contribution in [0.4, 0.5) is 0 Å². The lowest BCUT2D eigenvalue weighted by Crippen LogP contribution is -2.40. The maximum absolute atomic E-state index is 12.4. The van der Waals surface area contributed by atoms with Gasteiger partial charge in [0, 0.05) is 31.4 Å². The number of nitrogens with one attached hydrogen (secondary N) is 1. The molecule has 5 nitrogen and oxygen atoms in total. The molecule has 1 aliphatic rings. The quantitative estimate of drug-likeness (QED) is 0.824. The van der Waals surface area contributed by atoms with Crippen LogP contribution in [-0.2, 0) is 16.4 Å². The molecule has 1 aromatic rings. The topological polar surface area (TPSA) is 62.3 Å². The van der Waals surface area contributed by atoms with Crippen molar-refractivity contribution in [2.45, 2.75) is 25.7 Å². The number of nitrogens with zero attached hydrogens (tertiary/aromatic N) is 2. The van der Waals surface area contributed by atoms with Crippen molar-refractivity contribution in [1.29, 1.82) is 0 Å². The fourth-order valence-corrected chi connectivity index (χ4v) is 4.23. The summed E-state index contributed by atoms with van der Waals surface area (Å²) >= 11 is 0. The van der Waals surface area contributed by atoms with Crippen LogP contribution in [0.15, 0.2) is 24.4 Å². The van der Waals surface area contributed by atoms with Crippen molar-refractivity contribution in [3.05, 3.63) is 30.1 Å². The molecule has 1 aliphatic heterocycles. The first-order chi connectivity index (χ1) is 10.1. The first kappa shape index (κ1) is 16.4. The number of rotatable bonds is 7. The SMILES string of the molecule is CNCCC1CCN(S(=O)(=O)CCc2ccccn2)CC1. The van der Waals surface area contributed by atoms with Gasteiger partial charge in [-0.25, -0.2) is 12.7 Å². The zero-order valence-corrected chi connectivity index (χ0v) is 13.5. The first-order valence-electron chi connectivity index (χ1n) is 7.64. The Hall–Kier alpha value is -0.980. The van der Waals surface area contributed by atoms with Crippen molar-refractivity contribution in [1.82, 2.24) is 14.6 Å². The smallest absolute Gasteiger partial charge is 0.214 e. The van der Waals surface area contributed by atoms with E-state index in [1.54, 1.807) is 10.5 Å². The Balaban J connectivity index is 1.81. The maximum atomic E-state index is 12.4. The minimum absolute atomic E-state index is 0.158. The van der Waals surface area contributed by atoms with Gasteiger partial charge in [0.1, 0.15) is 0 Å². The summed E-state index contributed by atoms with van der Waals surface area (Å²) in [6, 6.07) is 5.61. The van der Waals surface area contributed by atoms with Gasteiger partial charge in [-0.15, -0.1) is 0 Å². The molecule has 0 saturated carbocycles. The average Bonchev–Trinajstić information content (AvgIpc) is 2.52. The highest BCUT2D eigenvalue weighted by molar-refractivity contribution is 7.89. The summed E-state index contributed by atoms with van der Waals surface area (Å²) in [7, 11) is -1.19. The summed E-state index contributed by atoms with van der Waals surface area (Å²) in [6.07, 6.45) is 5.28. The van der Waals surface area contributed by atoms with Gasteiger partial charge in [0.2, 0.25) is 10.0 Å². The molecule has 0 aliphatic carbocycles. The van der Waals surface area contributed by atoms with E-state index >= 15 is 0 Å². The highest BCUT2D eigenvalue weighted by atomic mass is 32.2. The second-order valence-corrected chi connectivity index (χ2v) is 7.71. The number of sulfonamides is 1. The summed E-state index contributed by atoms with van der Waals surface area (Å²) in [6.45, 7) is 2.34. The zero-order chi connectivity index (χ0) is 15.1. The van der Waals surface area contributed by atoms with E-state index in [0.29, 0.717) is 25.4 Å². The molecule has 0 aromatic carbocycles. The minimum Gasteiger partial charge on any atom is -0.320 e. The summed E-state index contributed by atoms with van der Waals surface area (Å²) in [5, 5.41) is 3.16. The van der Waals surface area contributed by atoms with E-state index < -0.39 is 10.0 Å². The Morgan fingerprint density at radius 1 is 1.33 bits per heavy atom. The monoisotopic (exact) mass is 311 g/mol. The van der Waals surface area contributed by atoms with Gasteiger partial charge in [-0.2, -0.15) is 0 Å². The fourth-order valence-electron chi connectivity index (χ4n) is 2.73. The number of pyridine rings is 1. The molecule has 6 heteroatoms. The van der Waals surface area contributed by atoms with Gasteiger partial charge in [0.15, 0.2) is 0 Å². The molecule has 1 aromatic heterocycles. The molecule has 0 bridgehead atoms. The number of aryl methyl sites for hydroxylation is 1. The molecule has 0 atom stereocenters. The van der Waals surface area contributed by atoms with Gasteiger partial charge in [-0.05, 0) is 50.9 Å². The van der Waals surface area contributed by atoms with Gasteiger partial charge < -0.3 is 5.32 Å². The molecule has 0 spiro atoms. The number of aromatic nitrogens is 1. The number of hydrogen-bond donors (Lipinski definition) is 1. The highest BCUT2D eigenvalue weighted by Gasteiger charge is 2.27. The molecule has 1 fully saturated rings. The second-order valence-electron chi connectivity index (χ2n) is 5.62. The van der Waals surface area contributed by atoms with Crippen LogP contribution < -0.4 is 5.32 Å². The Bertz CT molecular complexity index is 511. The van der Waals surface area contributed by atoms with Crippen LogP contribution in [-0.4, -0.2) is 50.1 Å². The minimum atomic E-state index is -3.15. The van der Waals surface area contributed by atoms with E-state index in [0.717, 1.165) is 31.5 Å². The van der Waals surface area contributed by atoms with Crippen LogP contribution >= 0.6 is 0 Å². The Morgan fingerprint density at radius 2 is 2.10 bits per heavy atom. The predicted octanol–water partition coefficient (Wildman–Crippen LogP) is 1.28. The van der Waals surface area contributed by atoms with Crippen molar-refractivity contribution in [2.24, 2.45) is 5.92 Å². The van der Waals surface area contributed by atoms with Crippen molar-refractivity contribution in [3.63, 3.8) is 0 Å². The Kier molecular flexibility index (Phi) is 6.14. The second kappa shape index (κ2) is 7.87. The molecule has 1 N–H and O–H groups in total. The standard InChI is InChI=1S/C15H25N3O2S/c1-16-10-5-14-6-11-18(12-7-14)21(19,20)13-8-15-4-2-3-9-17-15/h2-4,9,14,16H,5-8,10-13H2,1H3. The molecular formula is C15H25N3O2S. The molecule has 0 amide bonds. The lowest BCUT2D eigenvalue weighted by Gasteiger charge is -2.31. The van der Waals surface area contributed by atoms with Crippen LogP contribution in [0.25, 0.3) is 0 Å². The van der Waals surface area contributed by atoms with Crippen LogP contribution in [0.5, 0.6) is 0 Å². The van der Waals surface area contributed by atoms with Gasteiger partial charge in [0.05, 0.1) is 5.75 Å². The van der Waals surface area contributed by atoms with E-state index in [4.69, 9.17) is 0 Å². The Morgan fingerprint density at radius 3 is 2.71 bits per heavy atom. The van der Waals surface area contributed by atoms with Gasteiger partial charge >= 0.3 is 0 Å². The Labute approximate surface area is 127 Å². The largest absolute Gasteiger partial charge is 0.320 e. The summed E-state index contributed by atoms with van der Waals surface area (Å²) < 4.78 is 26.4. The van der Waals surface area contributed by atoms with Crippen molar-refractivity contribution < 1.29 is 8.42 Å². The predicted molar refractivity (Wildman–Crippen MR) is 84.6 cm³/mol. The van der Waals surface area contributed by atoms with Crippen LogP contribution in [0.2, 0.25) is 0 Å². The molecular weight excluding hydrogens is 286 g/mol. The molecule has 21 heavy (non-hydrogen) atoms. The third kappa shape index (κ3) is 5.05. The van der Waals surface area contributed by atoms with E-state index in [1.807, 2.05) is 25.2 Å². The summed E-state index contributed by atoms with van der Waals surface area (Å²) in [5.41, 5.74) is 0.838. The van der Waals surface area contributed by atoms with Crippen LogP contribution in [0.3, 0.4) is 0 Å². The van der Waals surface area contributed by atoms with Gasteiger partial charge in [-0.3, -0.25) is 4.98 Å². The molecule has 118 valence electrons. The molecule has 0 radical (unpaired) electrons. The van der Waals surface area contributed by atoms with E-state index in [9.17, 15) is 8.42 Å². The van der Waals surface area contributed by atoms with Gasteiger partial charge in [0.25, 0.3) is 0 Å². The van der Waals surface area contributed by atoms with Gasteiger partial charge in [-0.1, -0.05) is 6.07 Å². The summed E-state index contributed by atoms with van der Waals surface area (Å²) in [5.74, 6) is 0.810. The van der Waals surface area contributed by atoms with E-state index in [-0.39, 0.29) is 5.75 Å². The average molecular weight is 311 g/mol. The van der Waals surface area contributed by atoms with Crippen molar-refractivity contribution >= 4 is 10.0 Å². The molecule has 1 saturated heterocycles. The number of hydrogen-bond acceptors (Lipinski definition) is 4. The summed E-state index contributed by atoms with van der Waals surface area (Å²) in [4.78, 5) is 4.18. The molecule has 2 rings (SSSR count). The first-order valence-corrected chi connectivity index (χ1v) is 9.25. The van der Waals surface area contributed by atoms with Crippen molar-refractivity contribution in [2.75, 3.05) is 32.4 Å². The van der Waals surface area contributed by atoms with E-state index in [1.165, 1.54) is 0 Å². The fraction of sp³-hybridized carbons (Fsp3) is 0.667. The van der Waals surface area contributed by atoms with Crippen LogP contribution in [0, 0.1) is 5.92 Å².